The Labute approximate surface area is 100 Å². The summed E-state index contributed by atoms with van der Waals surface area (Å²) in [5.41, 5.74) is 2.53. The number of rotatable bonds is 2. The van der Waals surface area contributed by atoms with Gasteiger partial charge in [-0.05, 0) is 23.3 Å². The normalized spacial score (nSPS) is 21.0. The molecule has 2 rings (SSSR count). The van der Waals surface area contributed by atoms with Gasteiger partial charge < -0.3 is 4.74 Å². The van der Waals surface area contributed by atoms with Gasteiger partial charge in [0.1, 0.15) is 6.10 Å². The third kappa shape index (κ3) is 2.10. The van der Waals surface area contributed by atoms with Gasteiger partial charge in [-0.25, -0.2) is 0 Å². The van der Waals surface area contributed by atoms with Crippen molar-refractivity contribution in [1.29, 1.82) is 0 Å². The van der Waals surface area contributed by atoms with Crippen molar-refractivity contribution in [1.82, 2.24) is 0 Å². The fourth-order valence-corrected chi connectivity index (χ4v) is 2.33. The molecule has 0 fully saturated rings. The molecule has 74 valence electrons. The van der Waals surface area contributed by atoms with Crippen LogP contribution in [0.25, 0.3) is 0 Å². The third-order valence-corrected chi connectivity index (χ3v) is 3.45. The van der Waals surface area contributed by atoms with Crippen LogP contribution in [-0.2, 0) is 4.74 Å². The molecule has 1 nitrogen and oxygen atoms in total. The molecule has 14 heavy (non-hydrogen) atoms. The molecule has 0 N–H and O–H groups in total. The molecule has 3 heteroatoms. The lowest BCUT2D eigenvalue weighted by molar-refractivity contribution is 0.123. The second kappa shape index (κ2) is 4.60. The van der Waals surface area contributed by atoms with E-state index in [1.165, 1.54) is 11.1 Å². The molecule has 0 unspecified atom stereocenters. The zero-order valence-electron chi connectivity index (χ0n) is 7.54. The van der Waals surface area contributed by atoms with Crippen molar-refractivity contribution in [2.45, 2.75) is 6.10 Å². The Bertz CT molecular complexity index is 343. The molecule has 0 spiro atoms. The first-order chi connectivity index (χ1) is 6.81. The summed E-state index contributed by atoms with van der Waals surface area (Å²) < 4.78 is 6.75. The number of hydrogen-bond acceptors (Lipinski definition) is 1. The van der Waals surface area contributed by atoms with E-state index in [-0.39, 0.29) is 6.10 Å². The van der Waals surface area contributed by atoms with Gasteiger partial charge in [0.25, 0.3) is 0 Å². The molecule has 1 aliphatic rings. The summed E-state index contributed by atoms with van der Waals surface area (Å²) in [6.45, 7) is 0.724. The van der Waals surface area contributed by atoms with E-state index >= 15 is 0 Å². The van der Waals surface area contributed by atoms with Gasteiger partial charge in [0.2, 0.25) is 0 Å². The Hall–Kier alpha value is -0.120. The van der Waals surface area contributed by atoms with Gasteiger partial charge in [0.15, 0.2) is 0 Å². The first kappa shape index (κ1) is 10.4. The topological polar surface area (TPSA) is 9.23 Å². The molecule has 1 heterocycles. The summed E-state index contributed by atoms with van der Waals surface area (Å²) in [4.78, 5) is 0. The van der Waals surface area contributed by atoms with Gasteiger partial charge in [-0.15, -0.1) is 0 Å². The molecule has 1 aromatic rings. The maximum atomic E-state index is 5.64. The first-order valence-electron chi connectivity index (χ1n) is 4.43. The monoisotopic (exact) mass is 316 g/mol. The molecule has 1 aliphatic heterocycles. The second-order valence-corrected chi connectivity index (χ2v) is 4.65. The summed E-state index contributed by atoms with van der Waals surface area (Å²) in [6, 6.07) is 8.28. The van der Waals surface area contributed by atoms with E-state index in [9.17, 15) is 0 Å². The van der Waals surface area contributed by atoms with Gasteiger partial charge >= 0.3 is 0 Å². The fraction of sp³-hybridized carbons (Fsp3) is 0.273. The Balaban J connectivity index is 2.23. The molecule has 0 bridgehead atoms. The minimum Gasteiger partial charge on any atom is -0.365 e. The number of benzene rings is 1. The Kier molecular flexibility index (Phi) is 3.42. The maximum Gasteiger partial charge on any atom is 0.105 e. The summed E-state index contributed by atoms with van der Waals surface area (Å²) in [6.07, 6.45) is 2.28. The molecule has 0 amide bonds. The van der Waals surface area contributed by atoms with Crippen molar-refractivity contribution in [2.75, 3.05) is 11.9 Å². The van der Waals surface area contributed by atoms with Crippen molar-refractivity contribution in [2.24, 2.45) is 0 Å². The van der Waals surface area contributed by atoms with Crippen LogP contribution >= 0.6 is 31.9 Å². The second-order valence-electron chi connectivity index (χ2n) is 3.18. The smallest absolute Gasteiger partial charge is 0.105 e. The van der Waals surface area contributed by atoms with Crippen LogP contribution in [0.4, 0.5) is 0 Å². The molecule has 0 aliphatic carbocycles. The zero-order valence-corrected chi connectivity index (χ0v) is 10.7. The molecule has 0 saturated carbocycles. The maximum absolute atomic E-state index is 5.64. The summed E-state index contributed by atoms with van der Waals surface area (Å²) >= 11 is 6.89. The van der Waals surface area contributed by atoms with Crippen molar-refractivity contribution in [3.8, 4) is 0 Å². The zero-order chi connectivity index (χ0) is 9.97. The van der Waals surface area contributed by atoms with Gasteiger partial charge in [-0.1, -0.05) is 50.1 Å². The summed E-state index contributed by atoms with van der Waals surface area (Å²) in [5, 5.41) is 0.883. The van der Waals surface area contributed by atoms with Crippen LogP contribution in [0.3, 0.4) is 0 Å². The van der Waals surface area contributed by atoms with E-state index in [1.54, 1.807) is 0 Å². The molecule has 1 aromatic carbocycles. The van der Waals surface area contributed by atoms with Crippen molar-refractivity contribution in [3.05, 3.63) is 46.0 Å². The van der Waals surface area contributed by atoms with Crippen molar-refractivity contribution >= 4 is 31.9 Å². The van der Waals surface area contributed by atoms with Gasteiger partial charge in [0.05, 0.1) is 6.61 Å². The molecule has 0 saturated heterocycles. The largest absolute Gasteiger partial charge is 0.365 e. The van der Waals surface area contributed by atoms with Crippen LogP contribution < -0.4 is 0 Å². The predicted molar refractivity (Wildman–Crippen MR) is 64.7 cm³/mol. The highest BCUT2D eigenvalue weighted by molar-refractivity contribution is 9.10. The molecule has 0 aromatic heterocycles. The van der Waals surface area contributed by atoms with E-state index < -0.39 is 0 Å². The van der Waals surface area contributed by atoms with Crippen LogP contribution in [0.1, 0.15) is 11.7 Å². The predicted octanol–water partition coefficient (Wildman–Crippen LogP) is 3.84. The quantitative estimate of drug-likeness (QED) is 0.595. The summed E-state index contributed by atoms with van der Waals surface area (Å²) in [7, 11) is 0. The lowest BCUT2D eigenvalue weighted by Gasteiger charge is -2.13. The Morgan fingerprint density at radius 2 is 2.00 bits per heavy atom. The van der Waals surface area contributed by atoms with Crippen LogP contribution in [0.15, 0.2) is 40.4 Å². The third-order valence-electron chi connectivity index (χ3n) is 2.27. The van der Waals surface area contributed by atoms with Crippen LogP contribution in [0.2, 0.25) is 0 Å². The van der Waals surface area contributed by atoms with Crippen LogP contribution in [0, 0.1) is 0 Å². The highest BCUT2D eigenvalue weighted by atomic mass is 79.9. The van der Waals surface area contributed by atoms with Crippen molar-refractivity contribution in [3.63, 3.8) is 0 Å². The minimum atomic E-state index is 0.141. The van der Waals surface area contributed by atoms with E-state index in [2.05, 4.69) is 50.1 Å². The molecular formula is C11H10Br2O. The van der Waals surface area contributed by atoms with E-state index in [1.807, 2.05) is 12.1 Å². The van der Waals surface area contributed by atoms with Gasteiger partial charge in [0, 0.05) is 9.80 Å². The molecular weight excluding hydrogens is 308 g/mol. The van der Waals surface area contributed by atoms with Gasteiger partial charge in [-0.3, -0.25) is 0 Å². The minimum absolute atomic E-state index is 0.141. The van der Waals surface area contributed by atoms with Gasteiger partial charge in [-0.2, -0.15) is 0 Å². The Morgan fingerprint density at radius 3 is 2.64 bits per heavy atom. The summed E-state index contributed by atoms with van der Waals surface area (Å²) in [5.74, 6) is 0. The van der Waals surface area contributed by atoms with Crippen LogP contribution in [-0.4, -0.2) is 11.9 Å². The number of hydrogen-bond donors (Lipinski definition) is 0. The lowest BCUT2D eigenvalue weighted by Crippen LogP contribution is -2.01. The van der Waals surface area contributed by atoms with E-state index in [4.69, 9.17) is 4.74 Å². The number of ether oxygens (including phenoxy) is 1. The number of alkyl halides is 1. The average Bonchev–Trinajstić information content (AvgIpc) is 2.67. The fourth-order valence-electron chi connectivity index (χ4n) is 1.54. The number of halogens is 2. The Morgan fingerprint density at radius 1 is 1.29 bits per heavy atom. The van der Waals surface area contributed by atoms with Crippen molar-refractivity contribution < 1.29 is 4.74 Å². The average molecular weight is 318 g/mol. The SMILES string of the molecule is BrCC1=CCO[C@@H]1c1ccc(Br)cc1. The molecule has 1 atom stereocenters. The molecule has 0 radical (unpaired) electrons. The highest BCUT2D eigenvalue weighted by Crippen LogP contribution is 2.31. The lowest BCUT2D eigenvalue weighted by atomic mass is 10.0. The van der Waals surface area contributed by atoms with E-state index in [0.717, 1.165) is 16.4 Å². The standard InChI is InChI=1S/C11H10Br2O/c12-7-9-5-6-14-11(9)8-1-3-10(13)4-2-8/h1-5,11H,6-7H2/t11-/m1/s1. The highest BCUT2D eigenvalue weighted by Gasteiger charge is 2.20. The van der Waals surface area contributed by atoms with E-state index in [0.29, 0.717) is 0 Å². The first-order valence-corrected chi connectivity index (χ1v) is 6.34. The van der Waals surface area contributed by atoms with Crippen LogP contribution in [0.5, 0.6) is 0 Å².